The standard InChI is InChI=1S/C18H26N4O4/c1-12(2)22-7-4-5-18(16(22)25)6-8-21(11-18)14(23)9-13-10-19-17(26)20(3)15(13)24/h10,12H,4-9,11H2,1-3H3,(H,19,26). The lowest BCUT2D eigenvalue weighted by molar-refractivity contribution is -0.148. The minimum Gasteiger partial charge on any atom is -0.341 e. The maximum absolute atomic E-state index is 12.9. The van der Waals surface area contributed by atoms with E-state index in [1.54, 1.807) is 4.90 Å². The van der Waals surface area contributed by atoms with Gasteiger partial charge in [-0.3, -0.25) is 19.0 Å². The first-order valence-corrected chi connectivity index (χ1v) is 9.11. The summed E-state index contributed by atoms with van der Waals surface area (Å²) >= 11 is 0. The maximum atomic E-state index is 12.9. The third-order valence-corrected chi connectivity index (χ3v) is 5.69. The van der Waals surface area contributed by atoms with E-state index in [0.29, 0.717) is 19.5 Å². The predicted octanol–water partition coefficient (Wildman–Crippen LogP) is -0.134. The molecule has 1 spiro atoms. The highest BCUT2D eigenvalue weighted by atomic mass is 16.2. The van der Waals surface area contributed by atoms with E-state index in [-0.39, 0.29) is 29.8 Å². The summed E-state index contributed by atoms with van der Waals surface area (Å²) in [6.07, 6.45) is 3.67. The molecule has 1 aromatic rings. The molecule has 0 aromatic carbocycles. The largest absolute Gasteiger partial charge is 0.341 e. The summed E-state index contributed by atoms with van der Waals surface area (Å²) in [4.78, 5) is 55.2. The van der Waals surface area contributed by atoms with Crippen molar-refractivity contribution >= 4 is 11.8 Å². The van der Waals surface area contributed by atoms with Crippen LogP contribution < -0.4 is 11.2 Å². The fourth-order valence-corrected chi connectivity index (χ4v) is 4.07. The molecular weight excluding hydrogens is 336 g/mol. The second kappa shape index (κ2) is 6.74. The molecule has 0 radical (unpaired) electrons. The molecule has 142 valence electrons. The van der Waals surface area contributed by atoms with Crippen LogP contribution in [0.1, 0.15) is 38.7 Å². The molecule has 3 rings (SSSR count). The van der Waals surface area contributed by atoms with Crippen molar-refractivity contribution in [3.8, 4) is 0 Å². The maximum Gasteiger partial charge on any atom is 0.328 e. The Kier molecular flexibility index (Phi) is 4.77. The molecule has 2 aliphatic heterocycles. The minimum absolute atomic E-state index is 0.0678. The van der Waals surface area contributed by atoms with E-state index in [9.17, 15) is 19.2 Å². The number of rotatable bonds is 3. The molecule has 0 aliphatic carbocycles. The summed E-state index contributed by atoms with van der Waals surface area (Å²) in [5.74, 6) is -0.0329. The van der Waals surface area contributed by atoms with Gasteiger partial charge in [0.15, 0.2) is 0 Å². The number of hydrogen-bond acceptors (Lipinski definition) is 4. The molecule has 8 heteroatoms. The number of aromatic amines is 1. The van der Waals surface area contributed by atoms with Gasteiger partial charge in [0.2, 0.25) is 11.8 Å². The Morgan fingerprint density at radius 1 is 1.23 bits per heavy atom. The number of likely N-dealkylation sites (tertiary alicyclic amines) is 2. The van der Waals surface area contributed by atoms with Crippen LogP contribution in [0.5, 0.6) is 0 Å². The normalized spacial score (nSPS) is 23.3. The van der Waals surface area contributed by atoms with Gasteiger partial charge in [-0.1, -0.05) is 0 Å². The van der Waals surface area contributed by atoms with Gasteiger partial charge >= 0.3 is 5.69 Å². The van der Waals surface area contributed by atoms with Crippen LogP contribution >= 0.6 is 0 Å². The third kappa shape index (κ3) is 3.08. The van der Waals surface area contributed by atoms with Crippen LogP contribution in [0.25, 0.3) is 0 Å². The van der Waals surface area contributed by atoms with E-state index in [1.165, 1.54) is 13.2 Å². The smallest absolute Gasteiger partial charge is 0.328 e. The summed E-state index contributed by atoms with van der Waals surface area (Å²) in [5, 5.41) is 0. The van der Waals surface area contributed by atoms with Crippen molar-refractivity contribution in [3.05, 3.63) is 32.6 Å². The first-order chi connectivity index (χ1) is 12.2. The van der Waals surface area contributed by atoms with Gasteiger partial charge in [0.25, 0.3) is 5.56 Å². The van der Waals surface area contributed by atoms with E-state index in [0.717, 1.165) is 24.0 Å². The number of nitrogens with one attached hydrogen (secondary N) is 1. The van der Waals surface area contributed by atoms with Crippen LogP contribution in [0.3, 0.4) is 0 Å². The number of carbonyl (C=O) groups excluding carboxylic acids is 2. The highest BCUT2D eigenvalue weighted by molar-refractivity contribution is 5.86. The van der Waals surface area contributed by atoms with E-state index in [1.807, 2.05) is 18.7 Å². The Morgan fingerprint density at radius 3 is 2.65 bits per heavy atom. The van der Waals surface area contributed by atoms with Gasteiger partial charge in [-0.15, -0.1) is 0 Å². The van der Waals surface area contributed by atoms with Crippen molar-refractivity contribution in [2.24, 2.45) is 12.5 Å². The molecule has 2 aliphatic rings. The highest BCUT2D eigenvalue weighted by Crippen LogP contribution is 2.40. The Morgan fingerprint density at radius 2 is 1.96 bits per heavy atom. The lowest BCUT2D eigenvalue weighted by Crippen LogP contribution is -2.52. The van der Waals surface area contributed by atoms with Crippen LogP contribution in [-0.4, -0.2) is 56.8 Å². The van der Waals surface area contributed by atoms with E-state index in [2.05, 4.69) is 4.98 Å². The first kappa shape index (κ1) is 18.4. The molecule has 2 fully saturated rings. The quantitative estimate of drug-likeness (QED) is 0.810. The van der Waals surface area contributed by atoms with Crippen LogP contribution in [0.15, 0.2) is 15.8 Å². The van der Waals surface area contributed by atoms with Crippen molar-refractivity contribution < 1.29 is 9.59 Å². The van der Waals surface area contributed by atoms with Crippen molar-refractivity contribution in [3.63, 3.8) is 0 Å². The molecule has 3 heterocycles. The lowest BCUT2D eigenvalue weighted by Gasteiger charge is -2.41. The number of carbonyl (C=O) groups is 2. The van der Waals surface area contributed by atoms with Gasteiger partial charge in [-0.25, -0.2) is 4.79 Å². The van der Waals surface area contributed by atoms with Crippen molar-refractivity contribution in [1.82, 2.24) is 19.4 Å². The van der Waals surface area contributed by atoms with E-state index < -0.39 is 16.7 Å². The second-order valence-corrected chi connectivity index (χ2v) is 7.70. The van der Waals surface area contributed by atoms with E-state index in [4.69, 9.17) is 0 Å². The fourth-order valence-electron chi connectivity index (χ4n) is 4.07. The number of amides is 2. The number of piperidine rings is 1. The zero-order chi connectivity index (χ0) is 19.1. The topological polar surface area (TPSA) is 95.5 Å². The van der Waals surface area contributed by atoms with Gasteiger partial charge in [0.1, 0.15) is 0 Å². The number of H-pyrrole nitrogens is 1. The molecule has 1 unspecified atom stereocenters. The molecule has 1 atom stereocenters. The summed E-state index contributed by atoms with van der Waals surface area (Å²) in [7, 11) is 1.38. The zero-order valence-electron chi connectivity index (χ0n) is 15.6. The fraction of sp³-hybridized carbons (Fsp3) is 0.667. The lowest BCUT2D eigenvalue weighted by atomic mass is 9.78. The SMILES string of the molecule is CC(C)N1CCCC2(CCN(C(=O)Cc3c[nH]c(=O)n(C)c3=O)C2)C1=O. The van der Waals surface area contributed by atoms with Crippen molar-refractivity contribution in [2.45, 2.75) is 45.6 Å². The number of aromatic nitrogens is 2. The molecule has 26 heavy (non-hydrogen) atoms. The molecule has 0 saturated carbocycles. The first-order valence-electron chi connectivity index (χ1n) is 9.11. The summed E-state index contributed by atoms with van der Waals surface area (Å²) < 4.78 is 0.958. The van der Waals surface area contributed by atoms with Gasteiger partial charge in [0, 0.05) is 44.5 Å². The van der Waals surface area contributed by atoms with Gasteiger partial charge < -0.3 is 14.8 Å². The molecule has 1 aromatic heterocycles. The zero-order valence-corrected chi connectivity index (χ0v) is 15.6. The molecule has 8 nitrogen and oxygen atoms in total. The number of hydrogen-bond donors (Lipinski definition) is 1. The summed E-state index contributed by atoms with van der Waals surface area (Å²) in [5.41, 5.74) is -1.19. The molecule has 0 bridgehead atoms. The van der Waals surface area contributed by atoms with Gasteiger partial charge in [0.05, 0.1) is 11.8 Å². The molecule has 1 N–H and O–H groups in total. The van der Waals surface area contributed by atoms with Crippen LogP contribution in [0, 0.1) is 5.41 Å². The number of nitrogens with zero attached hydrogens (tertiary/aromatic N) is 3. The minimum atomic E-state index is -0.507. The predicted molar refractivity (Wildman–Crippen MR) is 95.7 cm³/mol. The van der Waals surface area contributed by atoms with Crippen LogP contribution in [0.4, 0.5) is 0 Å². The monoisotopic (exact) mass is 362 g/mol. The Bertz CT molecular complexity index is 840. The Labute approximate surface area is 151 Å². The van der Waals surface area contributed by atoms with Gasteiger partial charge in [-0.2, -0.15) is 0 Å². The highest BCUT2D eigenvalue weighted by Gasteiger charge is 2.49. The van der Waals surface area contributed by atoms with E-state index >= 15 is 0 Å². The van der Waals surface area contributed by atoms with Crippen LogP contribution in [0.2, 0.25) is 0 Å². The molecular formula is C18H26N4O4. The summed E-state index contributed by atoms with van der Waals surface area (Å²) in [6.45, 7) is 5.75. The third-order valence-electron chi connectivity index (χ3n) is 5.69. The average molecular weight is 362 g/mol. The summed E-state index contributed by atoms with van der Waals surface area (Å²) in [6, 6.07) is 0.161. The van der Waals surface area contributed by atoms with Crippen molar-refractivity contribution in [1.29, 1.82) is 0 Å². The average Bonchev–Trinajstić information content (AvgIpc) is 3.03. The van der Waals surface area contributed by atoms with Crippen molar-refractivity contribution in [2.75, 3.05) is 19.6 Å². The van der Waals surface area contributed by atoms with Crippen LogP contribution in [-0.2, 0) is 23.1 Å². The Hall–Kier alpha value is -2.38. The Balaban J connectivity index is 1.73. The second-order valence-electron chi connectivity index (χ2n) is 7.70. The molecule has 2 saturated heterocycles. The molecule has 2 amide bonds. The van der Waals surface area contributed by atoms with Gasteiger partial charge in [-0.05, 0) is 33.1 Å².